The molecule has 2 aromatic heterocycles. The van der Waals surface area contributed by atoms with E-state index in [9.17, 15) is 0 Å². The Hall–Kier alpha value is -1.68. The maximum Gasteiger partial charge on any atom is 0.0757 e. The van der Waals surface area contributed by atoms with Crippen LogP contribution in [0.1, 0.15) is 30.6 Å². The Labute approximate surface area is 95.1 Å². The maximum absolute atomic E-state index is 6.11. The molecule has 2 aromatic rings. The van der Waals surface area contributed by atoms with E-state index >= 15 is 0 Å². The Morgan fingerprint density at radius 2 is 2.31 bits per heavy atom. The molecule has 0 aliphatic carbocycles. The molecule has 2 rings (SSSR count). The van der Waals surface area contributed by atoms with E-state index in [1.165, 1.54) is 0 Å². The normalized spacial score (nSPS) is 12.6. The summed E-state index contributed by atoms with van der Waals surface area (Å²) in [4.78, 5) is 4.25. The average molecular weight is 216 g/mol. The van der Waals surface area contributed by atoms with Crippen LogP contribution in [-0.4, -0.2) is 14.8 Å². The fourth-order valence-corrected chi connectivity index (χ4v) is 1.62. The van der Waals surface area contributed by atoms with Crippen molar-refractivity contribution >= 4 is 0 Å². The van der Waals surface area contributed by atoms with E-state index in [2.05, 4.69) is 17.0 Å². The first kappa shape index (κ1) is 10.8. The van der Waals surface area contributed by atoms with Gasteiger partial charge >= 0.3 is 0 Å². The Morgan fingerprint density at radius 1 is 1.44 bits per heavy atom. The van der Waals surface area contributed by atoms with E-state index in [1.807, 2.05) is 35.3 Å². The van der Waals surface area contributed by atoms with Crippen LogP contribution >= 0.6 is 0 Å². The minimum Gasteiger partial charge on any atom is -0.319 e. The van der Waals surface area contributed by atoms with Crippen molar-refractivity contribution in [3.05, 3.63) is 48.0 Å². The summed E-state index contributed by atoms with van der Waals surface area (Å²) in [6, 6.07) is 5.57. The van der Waals surface area contributed by atoms with Crippen LogP contribution in [0.2, 0.25) is 0 Å². The SMILES string of the molecule is CCCn1cc(C(N)c2ccccn2)cn1. The molecular formula is C12H16N4. The summed E-state index contributed by atoms with van der Waals surface area (Å²) >= 11 is 0. The highest BCUT2D eigenvalue weighted by Gasteiger charge is 2.11. The molecule has 1 unspecified atom stereocenters. The lowest BCUT2D eigenvalue weighted by Crippen LogP contribution is -2.12. The second-order valence-electron chi connectivity index (χ2n) is 3.77. The summed E-state index contributed by atoms with van der Waals surface area (Å²) < 4.78 is 1.91. The van der Waals surface area contributed by atoms with Gasteiger partial charge in [0.2, 0.25) is 0 Å². The van der Waals surface area contributed by atoms with E-state index < -0.39 is 0 Å². The summed E-state index contributed by atoms with van der Waals surface area (Å²) in [5.74, 6) is 0. The van der Waals surface area contributed by atoms with Crippen molar-refractivity contribution in [2.45, 2.75) is 25.9 Å². The summed E-state index contributed by atoms with van der Waals surface area (Å²) in [5, 5.41) is 4.26. The van der Waals surface area contributed by atoms with Gasteiger partial charge in [-0.05, 0) is 18.6 Å². The Balaban J connectivity index is 2.17. The second-order valence-corrected chi connectivity index (χ2v) is 3.77. The fraction of sp³-hybridized carbons (Fsp3) is 0.333. The standard InChI is InChI=1S/C12H16N4/c1-2-7-16-9-10(8-15-16)12(13)11-5-3-4-6-14-11/h3-6,8-9,12H,2,7,13H2,1H3. The largest absolute Gasteiger partial charge is 0.319 e. The van der Waals surface area contributed by atoms with Crippen molar-refractivity contribution < 1.29 is 0 Å². The van der Waals surface area contributed by atoms with Crippen molar-refractivity contribution in [2.24, 2.45) is 5.73 Å². The third-order valence-electron chi connectivity index (χ3n) is 2.47. The molecule has 0 saturated heterocycles. The first-order valence-corrected chi connectivity index (χ1v) is 5.50. The van der Waals surface area contributed by atoms with Crippen LogP contribution in [0, 0.1) is 0 Å². The summed E-state index contributed by atoms with van der Waals surface area (Å²) in [7, 11) is 0. The highest BCUT2D eigenvalue weighted by Crippen LogP contribution is 2.16. The molecule has 0 saturated carbocycles. The van der Waals surface area contributed by atoms with E-state index in [1.54, 1.807) is 6.20 Å². The molecule has 16 heavy (non-hydrogen) atoms. The zero-order chi connectivity index (χ0) is 11.4. The van der Waals surface area contributed by atoms with Crippen LogP contribution in [0.4, 0.5) is 0 Å². The topological polar surface area (TPSA) is 56.7 Å². The molecule has 4 nitrogen and oxygen atoms in total. The average Bonchev–Trinajstić information content (AvgIpc) is 2.78. The van der Waals surface area contributed by atoms with Gasteiger partial charge in [0.15, 0.2) is 0 Å². The predicted molar refractivity (Wildman–Crippen MR) is 62.8 cm³/mol. The van der Waals surface area contributed by atoms with Gasteiger partial charge in [-0.1, -0.05) is 13.0 Å². The first-order chi connectivity index (χ1) is 7.81. The van der Waals surface area contributed by atoms with Gasteiger partial charge in [0.25, 0.3) is 0 Å². The van der Waals surface area contributed by atoms with Crippen LogP contribution < -0.4 is 5.73 Å². The number of aryl methyl sites for hydroxylation is 1. The third-order valence-corrected chi connectivity index (χ3v) is 2.47. The Kier molecular flexibility index (Phi) is 3.31. The van der Waals surface area contributed by atoms with Crippen LogP contribution in [0.25, 0.3) is 0 Å². The molecule has 2 heterocycles. The van der Waals surface area contributed by atoms with Crippen LogP contribution in [0.15, 0.2) is 36.8 Å². The number of pyridine rings is 1. The minimum absolute atomic E-state index is 0.188. The number of hydrogen-bond donors (Lipinski definition) is 1. The molecule has 84 valence electrons. The van der Waals surface area contributed by atoms with E-state index in [0.717, 1.165) is 24.2 Å². The molecular weight excluding hydrogens is 200 g/mol. The van der Waals surface area contributed by atoms with Gasteiger partial charge in [0.1, 0.15) is 0 Å². The monoisotopic (exact) mass is 216 g/mol. The highest BCUT2D eigenvalue weighted by atomic mass is 15.3. The van der Waals surface area contributed by atoms with Crippen LogP contribution in [0.3, 0.4) is 0 Å². The van der Waals surface area contributed by atoms with Gasteiger partial charge in [0, 0.05) is 24.5 Å². The van der Waals surface area contributed by atoms with E-state index in [4.69, 9.17) is 5.73 Å². The van der Waals surface area contributed by atoms with E-state index in [-0.39, 0.29) is 6.04 Å². The minimum atomic E-state index is -0.188. The maximum atomic E-state index is 6.11. The molecule has 0 aliphatic heterocycles. The van der Waals surface area contributed by atoms with Gasteiger partial charge in [-0.3, -0.25) is 9.67 Å². The molecule has 2 N–H and O–H groups in total. The predicted octanol–water partition coefficient (Wildman–Crippen LogP) is 1.74. The smallest absolute Gasteiger partial charge is 0.0757 e. The molecule has 0 aliphatic rings. The molecule has 0 radical (unpaired) electrons. The van der Waals surface area contributed by atoms with Crippen molar-refractivity contribution in [1.82, 2.24) is 14.8 Å². The number of hydrogen-bond acceptors (Lipinski definition) is 3. The summed E-state index contributed by atoms with van der Waals surface area (Å²) in [6.45, 7) is 3.05. The van der Waals surface area contributed by atoms with Crippen molar-refractivity contribution in [3.8, 4) is 0 Å². The number of aromatic nitrogens is 3. The van der Waals surface area contributed by atoms with Crippen LogP contribution in [-0.2, 0) is 6.54 Å². The van der Waals surface area contributed by atoms with Gasteiger partial charge < -0.3 is 5.73 Å². The highest BCUT2D eigenvalue weighted by molar-refractivity contribution is 5.22. The summed E-state index contributed by atoms with van der Waals surface area (Å²) in [5.41, 5.74) is 7.99. The fourth-order valence-electron chi connectivity index (χ4n) is 1.62. The van der Waals surface area contributed by atoms with Crippen LogP contribution in [0.5, 0.6) is 0 Å². The van der Waals surface area contributed by atoms with E-state index in [0.29, 0.717) is 0 Å². The Morgan fingerprint density at radius 3 is 3.00 bits per heavy atom. The molecule has 4 heteroatoms. The zero-order valence-electron chi connectivity index (χ0n) is 9.37. The van der Waals surface area contributed by atoms with Gasteiger partial charge in [0.05, 0.1) is 17.9 Å². The molecule has 0 fully saturated rings. The first-order valence-electron chi connectivity index (χ1n) is 5.50. The lowest BCUT2D eigenvalue weighted by Gasteiger charge is -2.07. The quantitative estimate of drug-likeness (QED) is 0.846. The lowest BCUT2D eigenvalue weighted by molar-refractivity contribution is 0.601. The lowest BCUT2D eigenvalue weighted by atomic mass is 10.1. The second kappa shape index (κ2) is 4.90. The van der Waals surface area contributed by atoms with Crippen molar-refractivity contribution in [3.63, 3.8) is 0 Å². The number of nitrogens with zero attached hydrogens (tertiary/aromatic N) is 3. The zero-order valence-corrected chi connectivity index (χ0v) is 9.37. The molecule has 1 atom stereocenters. The molecule has 0 bridgehead atoms. The summed E-state index contributed by atoms with van der Waals surface area (Å²) in [6.07, 6.45) is 6.63. The van der Waals surface area contributed by atoms with Gasteiger partial charge in [-0.25, -0.2) is 0 Å². The Bertz CT molecular complexity index is 435. The molecule has 0 aromatic carbocycles. The number of nitrogens with two attached hydrogens (primary N) is 1. The van der Waals surface area contributed by atoms with Gasteiger partial charge in [-0.2, -0.15) is 5.10 Å². The van der Waals surface area contributed by atoms with Crippen molar-refractivity contribution in [2.75, 3.05) is 0 Å². The van der Waals surface area contributed by atoms with Crippen molar-refractivity contribution in [1.29, 1.82) is 0 Å². The number of rotatable bonds is 4. The molecule has 0 spiro atoms. The molecule has 0 amide bonds. The van der Waals surface area contributed by atoms with Gasteiger partial charge in [-0.15, -0.1) is 0 Å². The third kappa shape index (κ3) is 2.28.